The van der Waals surface area contributed by atoms with Gasteiger partial charge in [-0.25, -0.2) is 4.79 Å². The van der Waals surface area contributed by atoms with Crippen LogP contribution < -0.4 is 10.1 Å². The van der Waals surface area contributed by atoms with Crippen LogP contribution in [0.15, 0.2) is 36.4 Å². The number of rotatable bonds is 5. The van der Waals surface area contributed by atoms with Gasteiger partial charge in [0.1, 0.15) is 18.5 Å². The minimum atomic E-state index is -0.368. The number of benzene rings is 2. The van der Waals surface area contributed by atoms with Crippen molar-refractivity contribution in [2.24, 2.45) is 7.05 Å². The van der Waals surface area contributed by atoms with E-state index in [-0.39, 0.29) is 12.6 Å². The van der Waals surface area contributed by atoms with Crippen LogP contribution in [0.4, 0.5) is 5.69 Å². The van der Waals surface area contributed by atoms with E-state index in [4.69, 9.17) is 9.47 Å². The predicted molar refractivity (Wildman–Crippen MR) is 126 cm³/mol. The Morgan fingerprint density at radius 1 is 1.25 bits per heavy atom. The summed E-state index contributed by atoms with van der Waals surface area (Å²) < 4.78 is 13.2. The molecule has 1 aromatic heterocycles. The third-order valence-corrected chi connectivity index (χ3v) is 5.35. The molecular formula is C25H30N4O3. The summed E-state index contributed by atoms with van der Waals surface area (Å²) in [5.74, 6) is 0.190. The number of hydrogen-bond acceptors (Lipinski definition) is 6. The second kappa shape index (κ2) is 10.2. The second-order valence-corrected chi connectivity index (χ2v) is 7.35. The van der Waals surface area contributed by atoms with Crippen molar-refractivity contribution in [2.75, 3.05) is 25.7 Å². The molecule has 1 N–H and O–H groups in total. The van der Waals surface area contributed by atoms with Gasteiger partial charge in [-0.1, -0.05) is 32.0 Å². The van der Waals surface area contributed by atoms with Crippen LogP contribution >= 0.6 is 0 Å². The molecule has 0 aliphatic carbocycles. The average Bonchev–Trinajstić information content (AvgIpc) is 3.11. The molecule has 168 valence electrons. The first-order valence-electron chi connectivity index (χ1n) is 10.9. The fourth-order valence-corrected chi connectivity index (χ4v) is 3.97. The number of esters is 1. The number of carbonyl (C=O) groups is 1. The van der Waals surface area contributed by atoms with Gasteiger partial charge in [0.15, 0.2) is 0 Å². The molecule has 0 saturated heterocycles. The molecule has 0 radical (unpaired) electrons. The van der Waals surface area contributed by atoms with Crippen LogP contribution in [0.25, 0.3) is 10.9 Å². The zero-order chi connectivity index (χ0) is 23.3. The number of anilines is 1. The fourth-order valence-electron chi connectivity index (χ4n) is 3.97. The van der Waals surface area contributed by atoms with E-state index in [0.29, 0.717) is 36.7 Å². The Bertz CT molecular complexity index is 1150. The van der Waals surface area contributed by atoms with Gasteiger partial charge in [0.05, 0.1) is 35.5 Å². The number of aromatic nitrogens is 1. The first kappa shape index (κ1) is 23.2. The topological polar surface area (TPSA) is 79.5 Å². The maximum absolute atomic E-state index is 13.0. The van der Waals surface area contributed by atoms with E-state index in [1.807, 2.05) is 67.7 Å². The molecule has 3 aromatic rings. The molecule has 32 heavy (non-hydrogen) atoms. The number of nitriles is 1. The van der Waals surface area contributed by atoms with Gasteiger partial charge >= 0.3 is 5.97 Å². The quantitative estimate of drug-likeness (QED) is 0.589. The molecule has 7 heteroatoms. The zero-order valence-corrected chi connectivity index (χ0v) is 19.4. The summed E-state index contributed by atoms with van der Waals surface area (Å²) in [5.41, 5.74) is 4.43. The Labute approximate surface area is 189 Å². The normalized spacial score (nSPS) is 12.8. The maximum atomic E-state index is 13.0. The number of ether oxygens (including phenoxy) is 2. The molecule has 0 unspecified atom stereocenters. The number of hydrogen-bond donors (Lipinski definition) is 1. The molecule has 1 aliphatic rings. The van der Waals surface area contributed by atoms with Gasteiger partial charge in [0.25, 0.3) is 0 Å². The van der Waals surface area contributed by atoms with Crippen molar-refractivity contribution >= 4 is 22.6 Å². The number of para-hydroxylation sites is 1. The lowest BCUT2D eigenvalue weighted by molar-refractivity contribution is 0.0527. The molecule has 0 amide bonds. The number of nitrogens with one attached hydrogen (secondary N) is 1. The van der Waals surface area contributed by atoms with E-state index in [2.05, 4.69) is 11.4 Å². The minimum Gasteiger partial charge on any atom is -0.476 e. The van der Waals surface area contributed by atoms with E-state index in [9.17, 15) is 10.1 Å². The molecule has 0 saturated carbocycles. The van der Waals surface area contributed by atoms with E-state index in [1.165, 1.54) is 0 Å². The molecule has 2 heterocycles. The molecule has 0 fully saturated rings. The third-order valence-electron chi connectivity index (χ3n) is 5.35. The van der Waals surface area contributed by atoms with Crippen LogP contribution in [0.3, 0.4) is 0 Å². The SMILES string of the molecule is CC.CCOC(=O)c1c(CNc2ccccc2)n(C)c2cc(C#N)c3c(c12)CN(C)CO3. The van der Waals surface area contributed by atoms with Gasteiger partial charge in [-0.2, -0.15) is 5.26 Å². The highest BCUT2D eigenvalue weighted by Gasteiger charge is 2.30. The first-order valence-corrected chi connectivity index (χ1v) is 10.9. The summed E-state index contributed by atoms with van der Waals surface area (Å²) in [7, 11) is 3.85. The van der Waals surface area contributed by atoms with Gasteiger partial charge in [0.2, 0.25) is 0 Å². The molecule has 0 spiro atoms. The number of carbonyl (C=O) groups excluding carboxylic acids is 1. The molecule has 1 aliphatic heterocycles. The van der Waals surface area contributed by atoms with Crippen molar-refractivity contribution in [3.63, 3.8) is 0 Å². The Hall–Kier alpha value is -3.50. The van der Waals surface area contributed by atoms with Crippen LogP contribution in [0.2, 0.25) is 0 Å². The summed E-state index contributed by atoms with van der Waals surface area (Å²) in [6, 6.07) is 13.9. The first-order chi connectivity index (χ1) is 15.5. The fraction of sp³-hybridized carbons (Fsp3) is 0.360. The lowest BCUT2D eigenvalue weighted by Crippen LogP contribution is -2.29. The lowest BCUT2D eigenvalue weighted by atomic mass is 9.99. The van der Waals surface area contributed by atoms with Crippen LogP contribution in [0.5, 0.6) is 5.75 Å². The molecule has 0 bridgehead atoms. The van der Waals surface area contributed by atoms with E-state index in [0.717, 1.165) is 27.8 Å². The summed E-state index contributed by atoms with van der Waals surface area (Å²) in [6.07, 6.45) is 0. The highest BCUT2D eigenvalue weighted by atomic mass is 16.5. The Balaban J connectivity index is 0.00000141. The van der Waals surface area contributed by atoms with Crippen molar-refractivity contribution in [3.8, 4) is 11.8 Å². The van der Waals surface area contributed by atoms with Crippen molar-refractivity contribution in [1.29, 1.82) is 5.26 Å². The average molecular weight is 435 g/mol. The molecule has 2 aromatic carbocycles. The zero-order valence-electron chi connectivity index (χ0n) is 19.4. The largest absolute Gasteiger partial charge is 0.476 e. The van der Waals surface area contributed by atoms with Crippen LogP contribution in [-0.2, 0) is 24.9 Å². The predicted octanol–water partition coefficient (Wildman–Crippen LogP) is 4.65. The summed E-state index contributed by atoms with van der Waals surface area (Å²) in [4.78, 5) is 15.0. The number of aryl methyl sites for hydroxylation is 1. The van der Waals surface area contributed by atoms with Crippen LogP contribution in [0, 0.1) is 11.3 Å². The van der Waals surface area contributed by atoms with Gasteiger partial charge < -0.3 is 19.4 Å². The molecule has 4 rings (SSSR count). The molecule has 0 atom stereocenters. The smallest absolute Gasteiger partial charge is 0.340 e. The Morgan fingerprint density at radius 3 is 2.62 bits per heavy atom. The number of fused-ring (bicyclic) bond motifs is 3. The highest BCUT2D eigenvalue weighted by Crippen LogP contribution is 2.39. The monoisotopic (exact) mass is 434 g/mol. The molecule has 7 nitrogen and oxygen atoms in total. The van der Waals surface area contributed by atoms with Crippen molar-refractivity contribution in [1.82, 2.24) is 9.47 Å². The van der Waals surface area contributed by atoms with Crippen LogP contribution in [-0.4, -0.2) is 35.8 Å². The van der Waals surface area contributed by atoms with Gasteiger partial charge in [-0.3, -0.25) is 4.90 Å². The maximum Gasteiger partial charge on any atom is 0.340 e. The van der Waals surface area contributed by atoms with Gasteiger partial charge in [-0.15, -0.1) is 0 Å². The van der Waals surface area contributed by atoms with Crippen molar-refractivity contribution in [2.45, 2.75) is 33.9 Å². The third kappa shape index (κ3) is 4.27. The Morgan fingerprint density at radius 2 is 1.97 bits per heavy atom. The van der Waals surface area contributed by atoms with Gasteiger partial charge in [0, 0.05) is 30.2 Å². The second-order valence-electron chi connectivity index (χ2n) is 7.35. The van der Waals surface area contributed by atoms with Crippen molar-refractivity contribution in [3.05, 3.63) is 58.8 Å². The summed E-state index contributed by atoms with van der Waals surface area (Å²) in [5, 5.41) is 13.8. The van der Waals surface area contributed by atoms with E-state index in [1.54, 1.807) is 13.0 Å². The highest BCUT2D eigenvalue weighted by molar-refractivity contribution is 6.08. The van der Waals surface area contributed by atoms with E-state index >= 15 is 0 Å². The standard InChI is InChI=1S/C23H24N4O3.C2H6/c1-4-29-23(28)21-19(12-25-16-8-6-5-7-9-16)27(3)18-10-15(11-24)22-17(20(18)21)13-26(2)14-30-22;1-2/h5-10,25H,4,12-14H2,1-3H3;1-2H3. The minimum absolute atomic E-state index is 0.287. The molecular weight excluding hydrogens is 404 g/mol. The van der Waals surface area contributed by atoms with E-state index < -0.39 is 0 Å². The van der Waals surface area contributed by atoms with Crippen molar-refractivity contribution < 1.29 is 14.3 Å². The summed E-state index contributed by atoms with van der Waals surface area (Å²) >= 11 is 0. The van der Waals surface area contributed by atoms with Gasteiger partial charge in [-0.05, 0) is 32.2 Å². The van der Waals surface area contributed by atoms with Crippen LogP contribution in [0.1, 0.15) is 48.0 Å². The lowest BCUT2D eigenvalue weighted by Gasteiger charge is -2.27. The summed E-state index contributed by atoms with van der Waals surface area (Å²) in [6.45, 7) is 7.51. The Kier molecular flexibility index (Phi) is 7.39. The number of nitrogens with zero attached hydrogens (tertiary/aromatic N) is 3.